The summed E-state index contributed by atoms with van der Waals surface area (Å²) in [6.07, 6.45) is 4.57. The predicted molar refractivity (Wildman–Crippen MR) is 83.6 cm³/mol. The minimum absolute atomic E-state index is 0.147. The number of pyridine rings is 1. The molecule has 4 heteroatoms. The fraction of sp³-hybridized carbons (Fsp3) is 0.312. The van der Waals surface area contributed by atoms with E-state index in [1.54, 1.807) is 0 Å². The van der Waals surface area contributed by atoms with E-state index >= 15 is 0 Å². The van der Waals surface area contributed by atoms with Gasteiger partial charge in [-0.15, -0.1) is 0 Å². The van der Waals surface area contributed by atoms with Crippen molar-refractivity contribution in [1.82, 2.24) is 10.4 Å². The smallest absolute Gasteiger partial charge is 0.0419 e. The lowest BCUT2D eigenvalue weighted by Gasteiger charge is -2.16. The largest absolute Gasteiger partial charge is 0.271 e. The maximum Gasteiger partial charge on any atom is 0.0419 e. The van der Waals surface area contributed by atoms with Gasteiger partial charge in [0.05, 0.1) is 0 Å². The van der Waals surface area contributed by atoms with Crippen molar-refractivity contribution >= 4 is 11.6 Å². The number of rotatable bonds is 6. The lowest BCUT2D eigenvalue weighted by Crippen LogP contribution is -2.38. The Kier molecular flexibility index (Phi) is 5.53. The van der Waals surface area contributed by atoms with Crippen molar-refractivity contribution in [2.45, 2.75) is 32.2 Å². The average Bonchev–Trinajstić information content (AvgIpc) is 2.47. The fourth-order valence-corrected chi connectivity index (χ4v) is 2.39. The number of hydrogen-bond acceptors (Lipinski definition) is 3. The van der Waals surface area contributed by atoms with Crippen LogP contribution in [0.1, 0.15) is 23.7 Å². The van der Waals surface area contributed by atoms with Crippen LogP contribution in [-0.4, -0.2) is 11.0 Å². The molecular weight excluding hydrogens is 270 g/mol. The van der Waals surface area contributed by atoms with Crippen molar-refractivity contribution in [3.05, 3.63) is 64.4 Å². The zero-order valence-corrected chi connectivity index (χ0v) is 12.4. The molecule has 1 aromatic carbocycles. The standard InChI is InChI=1S/C16H20ClN3/c1-2-12-6-7-15(19-11-12)10-16(20-18)9-13-4-3-5-14(17)8-13/h3-8,11,16,20H,2,9-10,18H2,1H3. The maximum absolute atomic E-state index is 6.00. The zero-order chi connectivity index (χ0) is 14.4. The van der Waals surface area contributed by atoms with Crippen molar-refractivity contribution in [3.8, 4) is 0 Å². The van der Waals surface area contributed by atoms with Crippen molar-refractivity contribution < 1.29 is 0 Å². The molecule has 0 fully saturated rings. The number of nitrogens with two attached hydrogens (primary N) is 1. The number of aryl methyl sites for hydroxylation is 1. The monoisotopic (exact) mass is 289 g/mol. The van der Waals surface area contributed by atoms with Gasteiger partial charge in [-0.25, -0.2) is 0 Å². The Labute approximate surface area is 125 Å². The van der Waals surface area contributed by atoms with E-state index in [2.05, 4.69) is 35.5 Å². The molecule has 20 heavy (non-hydrogen) atoms. The molecule has 0 saturated heterocycles. The molecule has 0 saturated carbocycles. The van der Waals surface area contributed by atoms with Crippen molar-refractivity contribution in [2.24, 2.45) is 5.84 Å². The second kappa shape index (κ2) is 7.39. The number of nitrogens with one attached hydrogen (secondary N) is 1. The number of hydrazine groups is 1. The first-order valence-electron chi connectivity index (χ1n) is 6.85. The van der Waals surface area contributed by atoms with Crippen LogP contribution in [0.5, 0.6) is 0 Å². The van der Waals surface area contributed by atoms with Gasteiger partial charge in [0.25, 0.3) is 0 Å². The minimum atomic E-state index is 0.147. The summed E-state index contributed by atoms with van der Waals surface area (Å²) in [4.78, 5) is 4.47. The van der Waals surface area contributed by atoms with Crippen molar-refractivity contribution in [2.75, 3.05) is 0 Å². The molecule has 1 atom stereocenters. The van der Waals surface area contributed by atoms with Gasteiger partial charge in [0.15, 0.2) is 0 Å². The SMILES string of the molecule is CCc1ccc(CC(Cc2cccc(Cl)c2)NN)nc1. The summed E-state index contributed by atoms with van der Waals surface area (Å²) in [5.41, 5.74) is 6.33. The second-order valence-electron chi connectivity index (χ2n) is 4.91. The lowest BCUT2D eigenvalue weighted by molar-refractivity contribution is 0.517. The van der Waals surface area contributed by atoms with Crippen molar-refractivity contribution in [3.63, 3.8) is 0 Å². The summed E-state index contributed by atoms with van der Waals surface area (Å²) >= 11 is 6.00. The topological polar surface area (TPSA) is 50.9 Å². The molecule has 1 unspecified atom stereocenters. The van der Waals surface area contributed by atoms with E-state index in [-0.39, 0.29) is 6.04 Å². The van der Waals surface area contributed by atoms with Crippen LogP contribution in [0.4, 0.5) is 0 Å². The van der Waals surface area contributed by atoms with Gasteiger partial charge in [-0.1, -0.05) is 36.7 Å². The van der Waals surface area contributed by atoms with Gasteiger partial charge >= 0.3 is 0 Å². The van der Waals surface area contributed by atoms with Gasteiger partial charge in [0.2, 0.25) is 0 Å². The highest BCUT2D eigenvalue weighted by molar-refractivity contribution is 6.30. The van der Waals surface area contributed by atoms with Gasteiger partial charge in [-0.05, 0) is 42.2 Å². The molecule has 1 heterocycles. The van der Waals surface area contributed by atoms with Gasteiger partial charge in [-0.2, -0.15) is 0 Å². The molecule has 0 aliphatic rings. The number of benzene rings is 1. The van der Waals surface area contributed by atoms with E-state index < -0.39 is 0 Å². The Bertz CT molecular complexity index is 540. The molecule has 106 valence electrons. The molecule has 2 rings (SSSR count). The van der Waals surface area contributed by atoms with Crippen molar-refractivity contribution in [1.29, 1.82) is 0 Å². The third-order valence-corrected chi connectivity index (χ3v) is 3.59. The Morgan fingerprint density at radius 3 is 2.65 bits per heavy atom. The van der Waals surface area contributed by atoms with E-state index in [0.29, 0.717) is 0 Å². The van der Waals surface area contributed by atoms with Crippen LogP contribution < -0.4 is 11.3 Å². The van der Waals surface area contributed by atoms with Crippen LogP contribution >= 0.6 is 11.6 Å². The Morgan fingerprint density at radius 2 is 2.05 bits per heavy atom. The van der Waals surface area contributed by atoms with Crippen LogP contribution in [0.2, 0.25) is 5.02 Å². The van der Waals surface area contributed by atoms with E-state index in [0.717, 1.165) is 30.0 Å². The highest BCUT2D eigenvalue weighted by Gasteiger charge is 2.10. The molecule has 3 N–H and O–H groups in total. The summed E-state index contributed by atoms with van der Waals surface area (Å²) in [6.45, 7) is 2.13. The molecule has 0 bridgehead atoms. The molecule has 3 nitrogen and oxygen atoms in total. The highest BCUT2D eigenvalue weighted by Crippen LogP contribution is 2.13. The lowest BCUT2D eigenvalue weighted by atomic mass is 10.0. The van der Waals surface area contributed by atoms with Gasteiger partial charge in [-0.3, -0.25) is 16.3 Å². The molecule has 0 aliphatic heterocycles. The zero-order valence-electron chi connectivity index (χ0n) is 11.6. The second-order valence-corrected chi connectivity index (χ2v) is 5.35. The van der Waals surface area contributed by atoms with Gasteiger partial charge in [0.1, 0.15) is 0 Å². The molecule has 2 aromatic rings. The number of hydrogen-bond donors (Lipinski definition) is 2. The normalized spacial score (nSPS) is 12.3. The highest BCUT2D eigenvalue weighted by atomic mass is 35.5. The first-order chi connectivity index (χ1) is 9.71. The summed E-state index contributed by atoms with van der Waals surface area (Å²) in [5, 5.41) is 0.753. The summed E-state index contributed by atoms with van der Waals surface area (Å²) < 4.78 is 0. The Morgan fingerprint density at radius 1 is 1.20 bits per heavy atom. The van der Waals surface area contributed by atoms with E-state index in [1.807, 2.05) is 24.4 Å². The molecule has 0 amide bonds. The van der Waals surface area contributed by atoms with Crippen LogP contribution in [0.25, 0.3) is 0 Å². The van der Waals surface area contributed by atoms with Crippen LogP contribution in [0, 0.1) is 0 Å². The quantitative estimate of drug-likeness (QED) is 0.635. The number of aromatic nitrogens is 1. The third-order valence-electron chi connectivity index (χ3n) is 3.36. The predicted octanol–water partition coefficient (Wildman–Crippen LogP) is 2.91. The van der Waals surface area contributed by atoms with Gasteiger partial charge in [0, 0.05) is 29.4 Å². The molecule has 1 aromatic heterocycles. The minimum Gasteiger partial charge on any atom is -0.271 e. The maximum atomic E-state index is 6.00. The molecule has 0 aliphatic carbocycles. The average molecular weight is 290 g/mol. The van der Waals surface area contributed by atoms with E-state index in [9.17, 15) is 0 Å². The third kappa shape index (κ3) is 4.30. The fourth-order valence-electron chi connectivity index (χ4n) is 2.18. The summed E-state index contributed by atoms with van der Waals surface area (Å²) in [5.74, 6) is 5.65. The van der Waals surface area contributed by atoms with Crippen LogP contribution in [0.3, 0.4) is 0 Å². The molecular formula is C16H20ClN3. The van der Waals surface area contributed by atoms with E-state index in [4.69, 9.17) is 17.4 Å². The Balaban J connectivity index is 2.01. The Hall–Kier alpha value is -1.42. The van der Waals surface area contributed by atoms with E-state index in [1.165, 1.54) is 11.1 Å². The van der Waals surface area contributed by atoms with Crippen LogP contribution in [-0.2, 0) is 19.3 Å². The first-order valence-corrected chi connectivity index (χ1v) is 7.23. The number of nitrogens with zero attached hydrogens (tertiary/aromatic N) is 1. The van der Waals surface area contributed by atoms with Gasteiger partial charge < -0.3 is 0 Å². The molecule has 0 radical (unpaired) electrons. The first kappa shape index (κ1) is 15.0. The van der Waals surface area contributed by atoms with Crippen LogP contribution in [0.15, 0.2) is 42.6 Å². The summed E-state index contributed by atoms with van der Waals surface area (Å²) in [6, 6.07) is 12.2. The number of halogens is 1. The molecule has 0 spiro atoms. The summed E-state index contributed by atoms with van der Waals surface area (Å²) in [7, 11) is 0.